The lowest BCUT2D eigenvalue weighted by Gasteiger charge is -2.31. The van der Waals surface area contributed by atoms with Crippen molar-refractivity contribution in [3.05, 3.63) is 29.8 Å². The van der Waals surface area contributed by atoms with Gasteiger partial charge in [-0.25, -0.2) is 0 Å². The molecule has 0 heterocycles. The predicted octanol–water partition coefficient (Wildman–Crippen LogP) is 1.44. The molecule has 2 unspecified atom stereocenters. The van der Waals surface area contributed by atoms with Gasteiger partial charge in [-0.15, -0.1) is 0 Å². The third-order valence-corrected chi connectivity index (χ3v) is 3.71. The number of anilines is 1. The number of hydrogen-bond donors (Lipinski definition) is 2. The molecule has 6 heteroatoms. The minimum atomic E-state index is -0.932. The lowest BCUT2D eigenvalue weighted by molar-refractivity contribution is -0.151. The van der Waals surface area contributed by atoms with Gasteiger partial charge in [-0.3, -0.25) is 14.4 Å². The van der Waals surface area contributed by atoms with E-state index in [1.807, 2.05) is 0 Å². The van der Waals surface area contributed by atoms with Crippen LogP contribution < -0.4 is 5.32 Å². The fraction of sp³-hybridized carbons (Fsp3) is 0.400. The van der Waals surface area contributed by atoms with Crippen LogP contribution >= 0.6 is 0 Å². The summed E-state index contributed by atoms with van der Waals surface area (Å²) in [4.78, 5) is 36.3. The summed E-state index contributed by atoms with van der Waals surface area (Å²) in [5, 5.41) is 11.7. The Hall–Kier alpha value is -2.37. The molecular formula is C15H18N2O4. The van der Waals surface area contributed by atoms with Gasteiger partial charge in [0.2, 0.25) is 5.91 Å². The lowest BCUT2D eigenvalue weighted by atomic mass is 9.73. The van der Waals surface area contributed by atoms with Crippen molar-refractivity contribution in [3.63, 3.8) is 0 Å². The Bertz CT molecular complexity index is 583. The minimum absolute atomic E-state index is 0.154. The zero-order valence-corrected chi connectivity index (χ0v) is 12.0. The first kappa shape index (κ1) is 15.0. The van der Waals surface area contributed by atoms with E-state index in [0.717, 1.165) is 0 Å². The number of carboxylic acid groups (broad SMARTS) is 1. The second kappa shape index (κ2) is 5.95. The summed E-state index contributed by atoms with van der Waals surface area (Å²) in [6.45, 7) is 0. The lowest BCUT2D eigenvalue weighted by Crippen LogP contribution is -2.41. The van der Waals surface area contributed by atoms with E-state index in [-0.39, 0.29) is 11.8 Å². The van der Waals surface area contributed by atoms with E-state index in [2.05, 4.69) is 5.32 Å². The second-order valence-electron chi connectivity index (χ2n) is 5.40. The van der Waals surface area contributed by atoms with Crippen molar-refractivity contribution in [1.29, 1.82) is 0 Å². The molecular weight excluding hydrogens is 272 g/mol. The van der Waals surface area contributed by atoms with Crippen molar-refractivity contribution in [1.82, 2.24) is 4.90 Å². The first-order valence-electron chi connectivity index (χ1n) is 6.75. The fourth-order valence-electron chi connectivity index (χ4n) is 2.33. The second-order valence-corrected chi connectivity index (χ2v) is 5.40. The number of carbonyl (C=O) groups is 3. The van der Waals surface area contributed by atoms with Gasteiger partial charge in [0, 0.05) is 25.3 Å². The molecule has 0 aromatic heterocycles. The fourth-order valence-corrected chi connectivity index (χ4v) is 2.33. The van der Waals surface area contributed by atoms with Gasteiger partial charge in [0.1, 0.15) is 0 Å². The highest BCUT2D eigenvalue weighted by Crippen LogP contribution is 2.35. The van der Waals surface area contributed by atoms with Crippen LogP contribution in [0.5, 0.6) is 0 Å². The van der Waals surface area contributed by atoms with E-state index >= 15 is 0 Å². The van der Waals surface area contributed by atoms with Gasteiger partial charge < -0.3 is 15.3 Å². The number of nitrogens with zero attached hydrogens (tertiary/aromatic N) is 1. The molecule has 2 atom stereocenters. The summed E-state index contributed by atoms with van der Waals surface area (Å²) >= 11 is 0. The largest absolute Gasteiger partial charge is 0.481 e. The van der Waals surface area contributed by atoms with Crippen molar-refractivity contribution >= 4 is 23.5 Å². The Balaban J connectivity index is 2.06. The van der Waals surface area contributed by atoms with Crippen LogP contribution in [0.2, 0.25) is 0 Å². The molecule has 1 aromatic rings. The molecule has 1 saturated carbocycles. The van der Waals surface area contributed by atoms with Gasteiger partial charge >= 0.3 is 5.97 Å². The third-order valence-electron chi connectivity index (χ3n) is 3.71. The van der Waals surface area contributed by atoms with E-state index in [1.165, 1.54) is 4.90 Å². The average molecular weight is 290 g/mol. The number of benzene rings is 1. The average Bonchev–Trinajstić information content (AvgIpc) is 2.35. The van der Waals surface area contributed by atoms with Crippen LogP contribution in [0.25, 0.3) is 0 Å². The maximum absolute atomic E-state index is 12.1. The summed E-state index contributed by atoms with van der Waals surface area (Å²) < 4.78 is 0. The molecule has 0 radical (unpaired) electrons. The van der Waals surface area contributed by atoms with E-state index in [0.29, 0.717) is 24.1 Å². The van der Waals surface area contributed by atoms with Crippen LogP contribution in [0.15, 0.2) is 24.3 Å². The molecule has 2 amide bonds. The van der Waals surface area contributed by atoms with Crippen LogP contribution in [0.3, 0.4) is 0 Å². The Morgan fingerprint density at radius 1 is 1.19 bits per heavy atom. The molecule has 112 valence electrons. The van der Waals surface area contributed by atoms with Crippen LogP contribution in [0, 0.1) is 11.8 Å². The molecule has 1 aliphatic carbocycles. The quantitative estimate of drug-likeness (QED) is 0.878. The maximum Gasteiger partial charge on any atom is 0.307 e. The van der Waals surface area contributed by atoms with Crippen LogP contribution in [0.1, 0.15) is 23.2 Å². The molecule has 1 aromatic carbocycles. The summed E-state index contributed by atoms with van der Waals surface area (Å²) in [5.41, 5.74) is 0.977. The molecule has 0 spiro atoms. The van der Waals surface area contributed by atoms with Crippen molar-refractivity contribution in [2.45, 2.75) is 12.8 Å². The van der Waals surface area contributed by atoms with Gasteiger partial charge in [0.05, 0.1) is 11.8 Å². The summed E-state index contributed by atoms with van der Waals surface area (Å²) in [6.07, 6.45) is 1.12. The molecule has 1 fully saturated rings. The highest BCUT2D eigenvalue weighted by molar-refractivity contribution is 5.98. The van der Waals surface area contributed by atoms with Crippen LogP contribution in [-0.2, 0) is 9.59 Å². The summed E-state index contributed by atoms with van der Waals surface area (Å²) in [5.74, 6) is -2.48. The number of carboxylic acids is 1. The highest BCUT2D eigenvalue weighted by atomic mass is 16.4. The topological polar surface area (TPSA) is 86.7 Å². The van der Waals surface area contributed by atoms with Crippen molar-refractivity contribution in [2.75, 3.05) is 19.4 Å². The summed E-state index contributed by atoms with van der Waals surface area (Å²) in [7, 11) is 3.30. The molecule has 0 bridgehead atoms. The van der Waals surface area contributed by atoms with Gasteiger partial charge in [0.25, 0.3) is 5.91 Å². The molecule has 2 N–H and O–H groups in total. The van der Waals surface area contributed by atoms with E-state index in [4.69, 9.17) is 5.11 Å². The monoisotopic (exact) mass is 290 g/mol. The maximum atomic E-state index is 12.1. The molecule has 6 nitrogen and oxygen atoms in total. The number of rotatable bonds is 4. The van der Waals surface area contributed by atoms with Gasteiger partial charge in [0.15, 0.2) is 0 Å². The van der Waals surface area contributed by atoms with Crippen molar-refractivity contribution in [2.24, 2.45) is 11.8 Å². The molecule has 0 aliphatic heterocycles. The smallest absolute Gasteiger partial charge is 0.307 e. The number of aliphatic carboxylic acids is 1. The van der Waals surface area contributed by atoms with E-state index in [9.17, 15) is 14.4 Å². The first-order chi connectivity index (χ1) is 9.90. The van der Waals surface area contributed by atoms with Crippen molar-refractivity contribution < 1.29 is 19.5 Å². The Morgan fingerprint density at radius 2 is 1.86 bits per heavy atom. The minimum Gasteiger partial charge on any atom is -0.481 e. The van der Waals surface area contributed by atoms with Crippen LogP contribution in [0.4, 0.5) is 5.69 Å². The standard InChI is InChI=1S/C15H18N2O4/c1-17(2)14(19)9-4-3-5-10(8-9)16-13(18)11-6-7-12(11)15(20)21/h3-5,8,11-12H,6-7H2,1-2H3,(H,16,18)(H,20,21). The zero-order chi connectivity index (χ0) is 15.6. The Kier molecular flexibility index (Phi) is 4.26. The van der Waals surface area contributed by atoms with E-state index in [1.54, 1.807) is 38.4 Å². The molecule has 0 saturated heterocycles. The summed E-state index contributed by atoms with van der Waals surface area (Å²) in [6, 6.07) is 6.62. The zero-order valence-electron chi connectivity index (χ0n) is 12.0. The van der Waals surface area contributed by atoms with Gasteiger partial charge in [-0.05, 0) is 31.0 Å². The predicted molar refractivity (Wildman–Crippen MR) is 76.9 cm³/mol. The Labute approximate surface area is 122 Å². The SMILES string of the molecule is CN(C)C(=O)c1cccc(NC(=O)C2CCC2C(=O)O)c1. The number of amides is 2. The molecule has 21 heavy (non-hydrogen) atoms. The number of nitrogens with one attached hydrogen (secondary N) is 1. The normalized spacial score (nSPS) is 20.3. The third kappa shape index (κ3) is 3.21. The Morgan fingerprint density at radius 3 is 2.38 bits per heavy atom. The van der Waals surface area contributed by atoms with Crippen LogP contribution in [-0.4, -0.2) is 41.9 Å². The van der Waals surface area contributed by atoms with Crippen molar-refractivity contribution in [3.8, 4) is 0 Å². The van der Waals surface area contributed by atoms with Gasteiger partial charge in [-0.1, -0.05) is 6.07 Å². The number of hydrogen-bond acceptors (Lipinski definition) is 3. The number of carbonyl (C=O) groups excluding carboxylic acids is 2. The molecule has 1 aliphatic rings. The highest BCUT2D eigenvalue weighted by Gasteiger charge is 2.41. The van der Waals surface area contributed by atoms with E-state index < -0.39 is 17.8 Å². The first-order valence-corrected chi connectivity index (χ1v) is 6.75. The van der Waals surface area contributed by atoms with Gasteiger partial charge in [-0.2, -0.15) is 0 Å². The molecule has 2 rings (SSSR count).